The summed E-state index contributed by atoms with van der Waals surface area (Å²) < 4.78 is 3.02. The number of nitrogens with zero attached hydrogens (tertiary/aromatic N) is 3. The summed E-state index contributed by atoms with van der Waals surface area (Å²) in [6.45, 7) is 0. The number of thiazole rings is 1. The Morgan fingerprint density at radius 3 is 2.59 bits per heavy atom. The molecule has 2 aromatic carbocycles. The molecule has 3 aromatic rings. The number of benzene rings is 2. The minimum absolute atomic E-state index is 0.266. The Morgan fingerprint density at radius 2 is 1.82 bits per heavy atom. The van der Waals surface area contributed by atoms with Gasteiger partial charge in [0.2, 0.25) is 10.6 Å². The summed E-state index contributed by atoms with van der Waals surface area (Å²) in [5, 5.41) is 36.5. The van der Waals surface area contributed by atoms with Gasteiger partial charge in [0.25, 0.3) is 0 Å². The van der Waals surface area contributed by atoms with Gasteiger partial charge in [-0.3, -0.25) is 0 Å². The molecule has 0 aliphatic rings. The van der Waals surface area contributed by atoms with E-state index in [1.54, 1.807) is 0 Å². The molecule has 1 heterocycles. The zero-order valence-corrected chi connectivity index (χ0v) is 12.4. The molecule has 3 N–H and O–H groups in total. The molecule has 3 rings (SSSR count). The Morgan fingerprint density at radius 1 is 1.05 bits per heavy atom. The Hall–Kier alpha value is -2.80. The van der Waals surface area contributed by atoms with Gasteiger partial charge in [-0.15, -0.1) is 5.10 Å². The standard InChI is InChI=1S/C15H13N3O3S/c1-18-10-4-2-3-5-12(10)22-15(18)17-16-8-9-6-7-11(19)14(21)13(9)20/h2-8,19-21H,1H3/b16-8+,17-15?. The molecule has 0 aliphatic carbocycles. The second kappa shape index (κ2) is 5.53. The highest BCUT2D eigenvalue weighted by molar-refractivity contribution is 7.16. The van der Waals surface area contributed by atoms with Crippen LogP contribution in [-0.4, -0.2) is 26.1 Å². The van der Waals surface area contributed by atoms with Gasteiger partial charge in [0.1, 0.15) is 0 Å². The Balaban J connectivity index is 1.99. The zero-order chi connectivity index (χ0) is 15.7. The van der Waals surface area contributed by atoms with Crippen molar-refractivity contribution in [3.05, 3.63) is 46.8 Å². The van der Waals surface area contributed by atoms with Crippen molar-refractivity contribution >= 4 is 27.8 Å². The predicted octanol–water partition coefficient (Wildman–Crippen LogP) is 2.29. The largest absolute Gasteiger partial charge is 0.504 e. The van der Waals surface area contributed by atoms with Crippen molar-refractivity contribution in [2.75, 3.05) is 0 Å². The maximum atomic E-state index is 9.70. The number of para-hydroxylation sites is 1. The fourth-order valence-corrected chi connectivity index (χ4v) is 2.98. The SMILES string of the molecule is Cn1c(=N/N=C/c2ccc(O)c(O)c2O)sc2ccccc21. The van der Waals surface area contributed by atoms with Crippen LogP contribution in [0.3, 0.4) is 0 Å². The van der Waals surface area contributed by atoms with Crippen LogP contribution in [0.5, 0.6) is 17.2 Å². The molecular weight excluding hydrogens is 302 g/mol. The van der Waals surface area contributed by atoms with Crippen molar-refractivity contribution < 1.29 is 15.3 Å². The summed E-state index contributed by atoms with van der Waals surface area (Å²) in [5.41, 5.74) is 1.33. The van der Waals surface area contributed by atoms with Crippen molar-refractivity contribution in [3.8, 4) is 17.2 Å². The van der Waals surface area contributed by atoms with E-state index in [0.29, 0.717) is 4.80 Å². The van der Waals surface area contributed by atoms with Crippen LogP contribution < -0.4 is 4.80 Å². The monoisotopic (exact) mass is 315 g/mol. The summed E-state index contributed by atoms with van der Waals surface area (Å²) in [6, 6.07) is 10.6. The van der Waals surface area contributed by atoms with Crippen LogP contribution in [0.2, 0.25) is 0 Å². The number of hydrogen-bond donors (Lipinski definition) is 3. The number of rotatable bonds is 2. The van der Waals surface area contributed by atoms with Gasteiger partial charge in [0, 0.05) is 12.6 Å². The molecule has 0 bridgehead atoms. The quantitative estimate of drug-likeness (QED) is 0.385. The first-order valence-electron chi connectivity index (χ1n) is 6.43. The number of fused-ring (bicyclic) bond motifs is 1. The van der Waals surface area contributed by atoms with E-state index in [1.165, 1.54) is 29.7 Å². The Bertz CT molecular complexity index is 941. The average molecular weight is 315 g/mol. The molecule has 0 spiro atoms. The van der Waals surface area contributed by atoms with Crippen LogP contribution in [0.25, 0.3) is 10.2 Å². The molecule has 0 saturated heterocycles. The Kier molecular flexibility index (Phi) is 3.56. The van der Waals surface area contributed by atoms with Crippen molar-refractivity contribution in [2.45, 2.75) is 0 Å². The van der Waals surface area contributed by atoms with E-state index in [9.17, 15) is 15.3 Å². The number of aromatic nitrogens is 1. The lowest BCUT2D eigenvalue weighted by molar-refractivity contribution is 0.367. The van der Waals surface area contributed by atoms with Crippen LogP contribution in [-0.2, 0) is 7.05 Å². The van der Waals surface area contributed by atoms with Crippen LogP contribution in [0.1, 0.15) is 5.56 Å². The zero-order valence-electron chi connectivity index (χ0n) is 11.6. The average Bonchev–Trinajstić information content (AvgIpc) is 2.84. The maximum Gasteiger partial charge on any atom is 0.211 e. The highest BCUT2D eigenvalue weighted by Gasteiger charge is 2.09. The lowest BCUT2D eigenvalue weighted by Crippen LogP contribution is -2.08. The molecule has 0 atom stereocenters. The third kappa shape index (κ3) is 2.42. The fraction of sp³-hybridized carbons (Fsp3) is 0.0667. The van der Waals surface area contributed by atoms with Gasteiger partial charge in [-0.2, -0.15) is 5.10 Å². The summed E-state index contributed by atoms with van der Waals surface area (Å²) in [4.78, 5) is 0.708. The van der Waals surface area contributed by atoms with E-state index in [4.69, 9.17) is 0 Å². The minimum Gasteiger partial charge on any atom is -0.504 e. The molecule has 0 fully saturated rings. The van der Waals surface area contributed by atoms with Crippen LogP contribution in [0, 0.1) is 0 Å². The molecular formula is C15H13N3O3S. The first kappa shape index (κ1) is 14.2. The highest BCUT2D eigenvalue weighted by atomic mass is 32.1. The smallest absolute Gasteiger partial charge is 0.211 e. The van der Waals surface area contributed by atoms with Gasteiger partial charge in [0.05, 0.1) is 16.4 Å². The number of aromatic hydroxyl groups is 3. The van der Waals surface area contributed by atoms with Gasteiger partial charge in [-0.25, -0.2) is 0 Å². The number of phenolic OH excluding ortho intramolecular Hbond substituents is 3. The molecule has 0 aliphatic heterocycles. The van der Waals surface area contributed by atoms with E-state index in [-0.39, 0.29) is 11.3 Å². The van der Waals surface area contributed by atoms with E-state index in [0.717, 1.165) is 10.2 Å². The molecule has 0 amide bonds. The summed E-state index contributed by atoms with van der Waals surface area (Å²) in [6.07, 6.45) is 1.32. The lowest BCUT2D eigenvalue weighted by atomic mass is 10.2. The van der Waals surface area contributed by atoms with Gasteiger partial charge >= 0.3 is 0 Å². The molecule has 0 saturated carbocycles. The van der Waals surface area contributed by atoms with Crippen molar-refractivity contribution in [3.63, 3.8) is 0 Å². The molecule has 1 aromatic heterocycles. The highest BCUT2D eigenvalue weighted by Crippen LogP contribution is 2.36. The first-order chi connectivity index (χ1) is 10.6. The number of hydrogen-bond acceptors (Lipinski definition) is 6. The van der Waals surface area contributed by atoms with Gasteiger partial charge in [-0.1, -0.05) is 23.5 Å². The summed E-state index contributed by atoms with van der Waals surface area (Å²) in [5.74, 6) is -1.39. The normalized spacial score (nSPS) is 12.5. The third-order valence-corrected chi connectivity index (χ3v) is 4.32. The molecule has 0 unspecified atom stereocenters. The van der Waals surface area contributed by atoms with Gasteiger partial charge in [-0.05, 0) is 24.3 Å². The molecule has 6 nitrogen and oxygen atoms in total. The second-order valence-corrected chi connectivity index (χ2v) is 5.64. The summed E-state index contributed by atoms with van der Waals surface area (Å²) in [7, 11) is 1.90. The molecule has 0 radical (unpaired) electrons. The Labute approximate surface area is 129 Å². The summed E-state index contributed by atoms with van der Waals surface area (Å²) >= 11 is 1.50. The topological polar surface area (TPSA) is 90.3 Å². The molecule has 7 heteroatoms. The van der Waals surface area contributed by atoms with E-state index < -0.39 is 11.5 Å². The lowest BCUT2D eigenvalue weighted by Gasteiger charge is -2.02. The van der Waals surface area contributed by atoms with Crippen LogP contribution >= 0.6 is 11.3 Å². The molecule has 112 valence electrons. The van der Waals surface area contributed by atoms with Crippen LogP contribution in [0.15, 0.2) is 46.6 Å². The maximum absolute atomic E-state index is 9.70. The van der Waals surface area contributed by atoms with Gasteiger partial charge < -0.3 is 19.9 Å². The van der Waals surface area contributed by atoms with E-state index in [2.05, 4.69) is 10.2 Å². The number of phenols is 3. The van der Waals surface area contributed by atoms with Crippen molar-refractivity contribution in [1.82, 2.24) is 4.57 Å². The first-order valence-corrected chi connectivity index (χ1v) is 7.25. The second-order valence-electron chi connectivity index (χ2n) is 4.63. The van der Waals surface area contributed by atoms with Crippen molar-refractivity contribution in [1.29, 1.82) is 0 Å². The fourth-order valence-electron chi connectivity index (χ4n) is 2.01. The van der Waals surface area contributed by atoms with Crippen molar-refractivity contribution in [2.24, 2.45) is 17.3 Å². The van der Waals surface area contributed by atoms with E-state index in [1.807, 2.05) is 35.9 Å². The predicted molar refractivity (Wildman–Crippen MR) is 85.4 cm³/mol. The van der Waals surface area contributed by atoms with E-state index >= 15 is 0 Å². The van der Waals surface area contributed by atoms with Gasteiger partial charge in [0.15, 0.2) is 11.5 Å². The molecule has 22 heavy (non-hydrogen) atoms. The minimum atomic E-state index is -0.573. The van der Waals surface area contributed by atoms with Crippen LogP contribution in [0.4, 0.5) is 0 Å². The third-order valence-electron chi connectivity index (χ3n) is 3.22. The number of aryl methyl sites for hydroxylation is 1.